The zero-order valence-electron chi connectivity index (χ0n) is 15.1. The molecule has 0 radical (unpaired) electrons. The number of hydrogen-bond donors (Lipinski definition) is 3. The maximum absolute atomic E-state index is 11.0. The number of carbonyl (C=O) groups is 1. The van der Waals surface area contributed by atoms with E-state index in [-0.39, 0.29) is 5.91 Å². The molecule has 1 saturated heterocycles. The maximum atomic E-state index is 11.0. The Morgan fingerprint density at radius 2 is 1.64 bits per heavy atom. The third-order valence-corrected chi connectivity index (χ3v) is 4.88. The first kappa shape index (κ1) is 24.0. The standard InChI is InChI=1S/C7H14N2O2.C5H11NS.2C2H6/c8-5-7(6(9)10)1-3-11-4-2-7;1-7-5-2-4(6)3-5;2*1-2/h1-5,8H2,(H2,9,10);4-5H,2-3,6H2,1H3;2*1-2H3. The van der Waals surface area contributed by atoms with Crippen LogP contribution in [-0.2, 0) is 9.53 Å². The maximum Gasteiger partial charge on any atom is 0.225 e. The molecule has 2 rings (SSSR count). The molecule has 5 nitrogen and oxygen atoms in total. The summed E-state index contributed by atoms with van der Waals surface area (Å²) in [5, 5.41) is 0.884. The highest BCUT2D eigenvalue weighted by atomic mass is 32.2. The molecule has 1 heterocycles. The summed E-state index contributed by atoms with van der Waals surface area (Å²) in [6.07, 6.45) is 5.95. The molecule has 0 aromatic heterocycles. The number of thioether (sulfide) groups is 1. The Morgan fingerprint density at radius 1 is 1.18 bits per heavy atom. The van der Waals surface area contributed by atoms with Crippen molar-refractivity contribution in [2.75, 3.05) is 26.0 Å². The molecule has 1 aliphatic heterocycles. The molecule has 1 saturated carbocycles. The van der Waals surface area contributed by atoms with Crippen LogP contribution in [0.2, 0.25) is 0 Å². The van der Waals surface area contributed by atoms with Crippen LogP contribution in [0.3, 0.4) is 0 Å². The minimum Gasteiger partial charge on any atom is -0.381 e. The van der Waals surface area contributed by atoms with Gasteiger partial charge >= 0.3 is 0 Å². The fourth-order valence-corrected chi connectivity index (χ4v) is 2.99. The summed E-state index contributed by atoms with van der Waals surface area (Å²) in [5.74, 6) is -0.289. The molecule has 0 spiro atoms. The second-order valence-electron chi connectivity index (χ2n) is 5.05. The van der Waals surface area contributed by atoms with Gasteiger partial charge in [-0.25, -0.2) is 0 Å². The summed E-state index contributed by atoms with van der Waals surface area (Å²) >= 11 is 1.94. The summed E-state index contributed by atoms with van der Waals surface area (Å²) in [6.45, 7) is 9.53. The van der Waals surface area contributed by atoms with E-state index in [9.17, 15) is 4.79 Å². The van der Waals surface area contributed by atoms with Crippen LogP contribution in [0.1, 0.15) is 53.4 Å². The van der Waals surface area contributed by atoms with Crippen molar-refractivity contribution < 1.29 is 9.53 Å². The Labute approximate surface area is 141 Å². The quantitative estimate of drug-likeness (QED) is 0.733. The van der Waals surface area contributed by atoms with Crippen LogP contribution in [0, 0.1) is 5.41 Å². The van der Waals surface area contributed by atoms with Gasteiger partial charge in [0.2, 0.25) is 5.91 Å². The molecule has 0 aromatic carbocycles. The average molecular weight is 336 g/mol. The summed E-state index contributed by atoms with van der Waals surface area (Å²) in [4.78, 5) is 11.0. The van der Waals surface area contributed by atoms with E-state index < -0.39 is 5.41 Å². The van der Waals surface area contributed by atoms with E-state index in [1.54, 1.807) is 0 Å². The predicted octanol–water partition coefficient (Wildman–Crippen LogP) is 2.12. The molecule has 1 aliphatic carbocycles. The Balaban J connectivity index is 0. The van der Waals surface area contributed by atoms with Gasteiger partial charge < -0.3 is 21.9 Å². The third kappa shape index (κ3) is 8.36. The van der Waals surface area contributed by atoms with Crippen LogP contribution < -0.4 is 17.2 Å². The van der Waals surface area contributed by atoms with Gasteiger partial charge in [-0.2, -0.15) is 11.8 Å². The molecule has 6 heteroatoms. The van der Waals surface area contributed by atoms with Gasteiger partial charge in [0, 0.05) is 31.1 Å². The summed E-state index contributed by atoms with van der Waals surface area (Å²) in [7, 11) is 0. The molecule has 0 aromatic rings. The highest BCUT2D eigenvalue weighted by Crippen LogP contribution is 2.28. The lowest BCUT2D eigenvalue weighted by molar-refractivity contribution is -0.132. The lowest BCUT2D eigenvalue weighted by Gasteiger charge is -2.32. The van der Waals surface area contributed by atoms with E-state index in [1.165, 1.54) is 12.8 Å². The largest absolute Gasteiger partial charge is 0.381 e. The molecule has 134 valence electrons. The number of hydrogen-bond acceptors (Lipinski definition) is 5. The molecule has 6 N–H and O–H groups in total. The predicted molar refractivity (Wildman–Crippen MR) is 97.9 cm³/mol. The molecular weight excluding hydrogens is 298 g/mol. The van der Waals surface area contributed by atoms with Crippen LogP contribution >= 0.6 is 11.8 Å². The van der Waals surface area contributed by atoms with Gasteiger partial charge in [-0.05, 0) is 31.9 Å². The molecule has 0 unspecified atom stereocenters. The molecule has 1 amide bonds. The first-order chi connectivity index (χ1) is 10.5. The summed E-state index contributed by atoms with van der Waals surface area (Å²) in [6, 6.07) is 0.525. The number of rotatable bonds is 3. The smallest absolute Gasteiger partial charge is 0.225 e. The zero-order chi connectivity index (χ0) is 17.6. The van der Waals surface area contributed by atoms with E-state index in [0.717, 1.165) is 5.25 Å². The number of carbonyl (C=O) groups excluding carboxylic acids is 1. The fourth-order valence-electron chi connectivity index (χ4n) is 2.11. The average Bonchev–Trinajstić information content (AvgIpc) is 2.56. The van der Waals surface area contributed by atoms with Gasteiger partial charge in [0.15, 0.2) is 0 Å². The third-order valence-electron chi connectivity index (χ3n) is 3.83. The number of nitrogens with two attached hydrogens (primary N) is 3. The van der Waals surface area contributed by atoms with Gasteiger partial charge in [0.1, 0.15) is 0 Å². The summed E-state index contributed by atoms with van der Waals surface area (Å²) < 4.78 is 5.11. The van der Waals surface area contributed by atoms with E-state index >= 15 is 0 Å². The second-order valence-corrected chi connectivity index (χ2v) is 6.19. The van der Waals surface area contributed by atoms with Gasteiger partial charge in [-0.15, -0.1) is 0 Å². The van der Waals surface area contributed by atoms with Gasteiger partial charge in [0.25, 0.3) is 0 Å². The molecule has 0 bridgehead atoms. The minimum absolute atomic E-state index is 0.289. The molecule has 0 atom stereocenters. The van der Waals surface area contributed by atoms with Crippen molar-refractivity contribution in [3.05, 3.63) is 0 Å². The Morgan fingerprint density at radius 3 is 1.82 bits per heavy atom. The Bertz CT molecular complexity index is 266. The summed E-state index contributed by atoms with van der Waals surface area (Å²) in [5.41, 5.74) is 15.8. The van der Waals surface area contributed by atoms with Gasteiger partial charge in [-0.3, -0.25) is 4.79 Å². The van der Waals surface area contributed by atoms with Crippen LogP contribution in [0.4, 0.5) is 0 Å². The van der Waals surface area contributed by atoms with Crippen molar-refractivity contribution in [3.63, 3.8) is 0 Å². The monoisotopic (exact) mass is 335 g/mol. The Hall–Kier alpha value is -0.300. The van der Waals surface area contributed by atoms with E-state index in [2.05, 4.69) is 6.26 Å². The van der Waals surface area contributed by atoms with Crippen LogP contribution in [0.25, 0.3) is 0 Å². The number of primary amides is 1. The molecular formula is C16H37N3O2S. The molecule has 2 aliphatic rings. The van der Waals surface area contributed by atoms with Gasteiger partial charge in [-0.1, -0.05) is 27.7 Å². The lowest BCUT2D eigenvalue weighted by Crippen LogP contribution is -2.46. The van der Waals surface area contributed by atoms with Crippen molar-refractivity contribution in [1.29, 1.82) is 0 Å². The van der Waals surface area contributed by atoms with Crippen LogP contribution in [0.15, 0.2) is 0 Å². The minimum atomic E-state index is -0.488. The first-order valence-corrected chi connectivity index (χ1v) is 9.69. The van der Waals surface area contributed by atoms with Gasteiger partial charge in [0.05, 0.1) is 5.41 Å². The van der Waals surface area contributed by atoms with Crippen LogP contribution in [0.5, 0.6) is 0 Å². The van der Waals surface area contributed by atoms with Crippen molar-refractivity contribution in [3.8, 4) is 0 Å². The number of ether oxygens (including phenoxy) is 1. The van der Waals surface area contributed by atoms with Crippen molar-refractivity contribution in [1.82, 2.24) is 0 Å². The molecule has 22 heavy (non-hydrogen) atoms. The first-order valence-electron chi connectivity index (χ1n) is 8.40. The Kier molecular flexibility index (Phi) is 15.6. The highest BCUT2D eigenvalue weighted by molar-refractivity contribution is 7.99. The van der Waals surface area contributed by atoms with Crippen molar-refractivity contribution in [2.45, 2.75) is 64.7 Å². The van der Waals surface area contributed by atoms with Crippen molar-refractivity contribution >= 4 is 17.7 Å². The topological polar surface area (TPSA) is 104 Å². The SMILES string of the molecule is CC.CC.CSC1CC(N)C1.NCC1(C(N)=O)CCOCC1. The number of amides is 1. The zero-order valence-corrected chi connectivity index (χ0v) is 15.9. The van der Waals surface area contributed by atoms with E-state index in [4.69, 9.17) is 21.9 Å². The highest BCUT2D eigenvalue weighted by Gasteiger charge is 2.36. The van der Waals surface area contributed by atoms with Crippen molar-refractivity contribution in [2.24, 2.45) is 22.6 Å². The lowest BCUT2D eigenvalue weighted by atomic mass is 9.80. The van der Waals surface area contributed by atoms with E-state index in [0.29, 0.717) is 38.6 Å². The fraction of sp³-hybridized carbons (Fsp3) is 0.938. The van der Waals surface area contributed by atoms with Crippen LogP contribution in [-0.4, -0.2) is 43.2 Å². The second kappa shape index (κ2) is 14.3. The van der Waals surface area contributed by atoms with E-state index in [1.807, 2.05) is 39.5 Å². The normalized spacial score (nSPS) is 24.9. The molecule has 2 fully saturated rings.